The Kier molecular flexibility index (Phi) is 3.99. The van der Waals surface area contributed by atoms with Gasteiger partial charge in [-0.05, 0) is 60.5 Å². The normalized spacial score (nSPS) is 11.8. The highest BCUT2D eigenvalue weighted by Crippen LogP contribution is 2.41. The largest absolute Gasteiger partial charge is 0.309 e. The molecule has 2 heterocycles. The van der Waals surface area contributed by atoms with Crippen molar-refractivity contribution in [2.24, 2.45) is 0 Å². The van der Waals surface area contributed by atoms with Crippen LogP contribution in [-0.4, -0.2) is 4.57 Å². The molecule has 0 spiro atoms. The molecule has 0 aliphatic heterocycles. The molecule has 5 aromatic carbocycles. The van der Waals surface area contributed by atoms with Gasteiger partial charge < -0.3 is 4.57 Å². The van der Waals surface area contributed by atoms with Gasteiger partial charge in [-0.25, -0.2) is 0 Å². The van der Waals surface area contributed by atoms with E-state index >= 15 is 0 Å². The highest BCUT2D eigenvalue weighted by Gasteiger charge is 2.16. The zero-order valence-corrected chi connectivity index (χ0v) is 19.1. The number of aromatic nitrogens is 1. The van der Waals surface area contributed by atoms with Crippen LogP contribution in [0.2, 0.25) is 0 Å². The highest BCUT2D eigenvalue weighted by molar-refractivity contribution is 7.25. The third-order valence-corrected chi connectivity index (χ3v) is 7.80. The topological polar surface area (TPSA) is 4.93 Å². The first-order valence-electron chi connectivity index (χ1n) is 11.3. The molecule has 156 valence electrons. The van der Waals surface area contributed by atoms with Gasteiger partial charge in [0, 0.05) is 36.6 Å². The lowest BCUT2D eigenvalue weighted by Gasteiger charge is -2.09. The molecular weight excluding hydrogens is 418 g/mol. The number of benzene rings is 5. The molecule has 0 unspecified atom stereocenters. The second kappa shape index (κ2) is 7.06. The minimum Gasteiger partial charge on any atom is -0.309 e. The first kappa shape index (κ1) is 18.7. The predicted octanol–water partition coefficient (Wildman–Crippen LogP) is 9.13. The lowest BCUT2D eigenvalue weighted by Crippen LogP contribution is -1.93. The molecule has 2 heteroatoms. The molecule has 0 atom stereocenters. The molecule has 0 radical (unpaired) electrons. The van der Waals surface area contributed by atoms with E-state index in [0.717, 1.165) is 0 Å². The standard InChI is InChI=1S/C31H21NS/c1-20-11-14-23(15-12-20)32-28-16-13-22(21-7-3-2-4-8-21)17-25(28)26-19-31-27(18-29(26)32)24-9-5-6-10-30(24)33-31/h2-19H,1H3. The van der Waals surface area contributed by atoms with Crippen molar-refractivity contribution in [3.8, 4) is 16.8 Å². The van der Waals surface area contributed by atoms with Crippen molar-refractivity contribution < 1.29 is 0 Å². The quantitative estimate of drug-likeness (QED) is 0.253. The van der Waals surface area contributed by atoms with Gasteiger partial charge in [-0.1, -0.05) is 72.3 Å². The van der Waals surface area contributed by atoms with E-state index in [-0.39, 0.29) is 0 Å². The van der Waals surface area contributed by atoms with Gasteiger partial charge >= 0.3 is 0 Å². The summed E-state index contributed by atoms with van der Waals surface area (Å²) in [7, 11) is 0. The SMILES string of the molecule is Cc1ccc(-n2c3ccc(-c4ccccc4)cc3c3cc4sc5ccccc5c4cc32)cc1. The first-order chi connectivity index (χ1) is 16.3. The van der Waals surface area contributed by atoms with E-state index in [1.807, 2.05) is 11.3 Å². The van der Waals surface area contributed by atoms with Crippen LogP contribution in [0.5, 0.6) is 0 Å². The van der Waals surface area contributed by atoms with Crippen molar-refractivity contribution in [3.05, 3.63) is 115 Å². The third kappa shape index (κ3) is 2.84. The minimum absolute atomic E-state index is 1.20. The fourth-order valence-electron chi connectivity index (χ4n) is 5.02. The first-order valence-corrected chi connectivity index (χ1v) is 12.1. The number of hydrogen-bond acceptors (Lipinski definition) is 1. The van der Waals surface area contributed by atoms with Gasteiger partial charge in [-0.3, -0.25) is 0 Å². The third-order valence-electron chi connectivity index (χ3n) is 6.66. The summed E-state index contributed by atoms with van der Waals surface area (Å²) in [5.41, 5.74) is 7.48. The molecule has 0 aliphatic rings. The Balaban J connectivity index is 1.62. The van der Waals surface area contributed by atoms with Crippen molar-refractivity contribution in [2.45, 2.75) is 6.92 Å². The number of aryl methyl sites for hydroxylation is 1. The van der Waals surface area contributed by atoms with Crippen LogP contribution in [0.15, 0.2) is 109 Å². The van der Waals surface area contributed by atoms with Crippen LogP contribution in [0, 0.1) is 6.92 Å². The monoisotopic (exact) mass is 439 g/mol. The predicted molar refractivity (Wildman–Crippen MR) is 144 cm³/mol. The number of hydrogen-bond donors (Lipinski definition) is 0. The molecule has 0 bridgehead atoms. The number of fused-ring (bicyclic) bond motifs is 6. The molecule has 0 aliphatic carbocycles. The van der Waals surface area contributed by atoms with Crippen LogP contribution < -0.4 is 0 Å². The van der Waals surface area contributed by atoms with Crippen molar-refractivity contribution in [1.29, 1.82) is 0 Å². The molecule has 2 aromatic heterocycles. The minimum atomic E-state index is 1.20. The van der Waals surface area contributed by atoms with Gasteiger partial charge in [0.15, 0.2) is 0 Å². The fraction of sp³-hybridized carbons (Fsp3) is 0.0323. The smallest absolute Gasteiger partial charge is 0.0548 e. The van der Waals surface area contributed by atoms with Crippen LogP contribution in [-0.2, 0) is 0 Å². The van der Waals surface area contributed by atoms with E-state index in [4.69, 9.17) is 0 Å². The number of thiophene rings is 1. The van der Waals surface area contributed by atoms with Gasteiger partial charge in [0.2, 0.25) is 0 Å². The van der Waals surface area contributed by atoms with E-state index in [2.05, 4.69) is 121 Å². The summed E-state index contributed by atoms with van der Waals surface area (Å²) in [5, 5.41) is 5.28. The van der Waals surface area contributed by atoms with E-state index in [1.165, 1.54) is 64.4 Å². The molecule has 33 heavy (non-hydrogen) atoms. The highest BCUT2D eigenvalue weighted by atomic mass is 32.1. The zero-order chi connectivity index (χ0) is 21.9. The average molecular weight is 440 g/mol. The molecule has 1 nitrogen and oxygen atoms in total. The second-order valence-corrected chi connectivity index (χ2v) is 9.82. The number of nitrogens with zero attached hydrogens (tertiary/aromatic N) is 1. The van der Waals surface area contributed by atoms with Crippen molar-refractivity contribution in [1.82, 2.24) is 4.57 Å². The van der Waals surface area contributed by atoms with Crippen LogP contribution in [0.3, 0.4) is 0 Å². The summed E-state index contributed by atoms with van der Waals surface area (Å²) in [6.07, 6.45) is 0. The Morgan fingerprint density at radius 2 is 1.27 bits per heavy atom. The average Bonchev–Trinajstić information content (AvgIpc) is 3.38. The van der Waals surface area contributed by atoms with Gasteiger partial charge in [0.25, 0.3) is 0 Å². The Morgan fingerprint density at radius 1 is 0.515 bits per heavy atom. The maximum atomic E-state index is 2.42. The van der Waals surface area contributed by atoms with Crippen LogP contribution in [0.25, 0.3) is 58.8 Å². The van der Waals surface area contributed by atoms with Gasteiger partial charge in [0.05, 0.1) is 11.0 Å². The molecule has 7 aromatic rings. The summed E-state index contributed by atoms with van der Waals surface area (Å²) in [6.45, 7) is 2.14. The van der Waals surface area contributed by atoms with Crippen molar-refractivity contribution >= 4 is 53.3 Å². The summed E-state index contributed by atoms with van der Waals surface area (Å²) >= 11 is 1.88. The van der Waals surface area contributed by atoms with E-state index in [1.54, 1.807) is 0 Å². The lowest BCUT2D eigenvalue weighted by molar-refractivity contribution is 1.18. The molecule has 0 N–H and O–H groups in total. The molecule has 0 saturated heterocycles. The molecular formula is C31H21NS. The Labute approximate surface area is 196 Å². The summed E-state index contributed by atoms with van der Waals surface area (Å²) in [4.78, 5) is 0. The van der Waals surface area contributed by atoms with Crippen molar-refractivity contribution in [3.63, 3.8) is 0 Å². The van der Waals surface area contributed by atoms with Gasteiger partial charge in [-0.15, -0.1) is 11.3 Å². The molecule has 0 saturated carbocycles. The second-order valence-electron chi connectivity index (χ2n) is 8.73. The van der Waals surface area contributed by atoms with Gasteiger partial charge in [-0.2, -0.15) is 0 Å². The van der Waals surface area contributed by atoms with Gasteiger partial charge in [0.1, 0.15) is 0 Å². The van der Waals surface area contributed by atoms with E-state index < -0.39 is 0 Å². The summed E-state index contributed by atoms with van der Waals surface area (Å²) < 4.78 is 5.11. The van der Waals surface area contributed by atoms with Crippen molar-refractivity contribution in [2.75, 3.05) is 0 Å². The summed E-state index contributed by atoms with van der Waals surface area (Å²) in [5.74, 6) is 0. The fourth-order valence-corrected chi connectivity index (χ4v) is 6.15. The zero-order valence-electron chi connectivity index (χ0n) is 18.2. The summed E-state index contributed by atoms with van der Waals surface area (Å²) in [6, 6.07) is 39.9. The molecule has 0 fully saturated rings. The van der Waals surface area contributed by atoms with Crippen LogP contribution in [0.4, 0.5) is 0 Å². The number of rotatable bonds is 2. The maximum Gasteiger partial charge on any atom is 0.0548 e. The molecule has 7 rings (SSSR count). The van der Waals surface area contributed by atoms with Crippen LogP contribution >= 0.6 is 11.3 Å². The lowest BCUT2D eigenvalue weighted by atomic mass is 10.0. The Morgan fingerprint density at radius 3 is 2.12 bits per heavy atom. The van der Waals surface area contributed by atoms with E-state index in [9.17, 15) is 0 Å². The Bertz CT molecular complexity index is 1800. The van der Waals surface area contributed by atoms with Crippen LogP contribution in [0.1, 0.15) is 5.56 Å². The Hall–Kier alpha value is -3.88. The maximum absolute atomic E-state index is 2.42. The van der Waals surface area contributed by atoms with E-state index in [0.29, 0.717) is 0 Å². The molecule has 0 amide bonds.